The quantitative estimate of drug-likeness (QED) is 0.369. The number of hydrogen-bond acceptors (Lipinski definition) is 2. The number of aliphatic imine (C=N–C) groups is 2. The molecule has 0 heterocycles. The lowest BCUT2D eigenvalue weighted by Gasteiger charge is -1.72. The van der Waals surface area contributed by atoms with E-state index in [-0.39, 0.29) is 0 Å². The van der Waals surface area contributed by atoms with Crippen molar-refractivity contribution in [1.82, 2.24) is 0 Å². The summed E-state index contributed by atoms with van der Waals surface area (Å²) in [7, 11) is 1.55. The number of rotatable bonds is 2. The third-order valence-corrected chi connectivity index (χ3v) is 0.384. The summed E-state index contributed by atoms with van der Waals surface area (Å²) in [6.45, 7) is 0. The average molecular weight is 113 g/mol. The van der Waals surface area contributed by atoms with E-state index >= 15 is 0 Å². The fraction of sp³-hybridized carbons (Fsp3) is 0.250. The summed E-state index contributed by atoms with van der Waals surface area (Å²) in [4.78, 5) is 16.8. The summed E-state index contributed by atoms with van der Waals surface area (Å²) < 4.78 is 0. The minimum absolute atomic E-state index is 0.565. The number of carbonyl (C=O) groups is 1. The molecule has 4 heteroatoms. The van der Waals surface area contributed by atoms with E-state index in [2.05, 4.69) is 15.7 Å². The highest BCUT2D eigenvalue weighted by Crippen LogP contribution is 1.55. The van der Waals surface area contributed by atoms with Crippen LogP contribution in [0.4, 0.5) is 0 Å². The monoisotopic (exact) mass is 113 g/mol. The van der Waals surface area contributed by atoms with Gasteiger partial charge >= 0.3 is 0 Å². The summed E-state index contributed by atoms with van der Waals surface area (Å²) in [5, 5.41) is 0. The molecule has 0 aliphatic heterocycles. The zero-order valence-corrected chi connectivity index (χ0v) is 4.53. The highest BCUT2D eigenvalue weighted by Gasteiger charge is 1.77. The molecule has 0 bridgehead atoms. The Labute approximate surface area is 47.1 Å². The summed E-state index contributed by atoms with van der Waals surface area (Å²) in [6, 6.07) is 0. The summed E-state index contributed by atoms with van der Waals surface area (Å²) >= 11 is 0. The third kappa shape index (κ3) is 4.81. The zero-order chi connectivity index (χ0) is 6.41. The Morgan fingerprint density at radius 2 is 2.38 bits per heavy atom. The third-order valence-electron chi connectivity index (χ3n) is 0.384. The van der Waals surface area contributed by atoms with Crippen LogP contribution in [0.25, 0.3) is 0 Å². The largest absolute Gasteiger partial charge is 0.365 e. The number of carbonyl (C=O) groups excluding carboxylic acids is 1. The maximum absolute atomic E-state index is 9.89. The topological polar surface area (TPSA) is 67.8 Å². The second-order valence-corrected chi connectivity index (χ2v) is 1.05. The molecule has 1 amide bonds. The molecule has 0 aliphatic rings. The van der Waals surface area contributed by atoms with E-state index in [1.165, 1.54) is 6.34 Å². The van der Waals surface area contributed by atoms with Crippen molar-refractivity contribution < 1.29 is 4.79 Å². The molecule has 0 fully saturated rings. The van der Waals surface area contributed by atoms with Gasteiger partial charge in [-0.2, -0.15) is 0 Å². The van der Waals surface area contributed by atoms with Crippen molar-refractivity contribution >= 4 is 18.5 Å². The maximum Gasteiger partial charge on any atom is 0.259 e. The minimum atomic E-state index is -0.565. The van der Waals surface area contributed by atoms with E-state index in [1.54, 1.807) is 7.05 Å². The molecule has 0 unspecified atom stereocenters. The molecule has 0 aliphatic carbocycles. The van der Waals surface area contributed by atoms with Gasteiger partial charge in [0.25, 0.3) is 5.91 Å². The molecule has 0 saturated carbocycles. The van der Waals surface area contributed by atoms with Gasteiger partial charge in [0, 0.05) is 7.05 Å². The number of hydrogen-bond donors (Lipinski definition) is 1. The van der Waals surface area contributed by atoms with Gasteiger partial charge in [-0.3, -0.25) is 9.79 Å². The van der Waals surface area contributed by atoms with Gasteiger partial charge in [-0.05, 0) is 0 Å². The lowest BCUT2D eigenvalue weighted by molar-refractivity contribution is -0.111. The van der Waals surface area contributed by atoms with E-state index < -0.39 is 5.91 Å². The average Bonchev–Trinajstić information content (AvgIpc) is 1.66. The molecule has 0 aromatic heterocycles. The van der Waals surface area contributed by atoms with Crippen molar-refractivity contribution in [2.24, 2.45) is 15.7 Å². The number of nitrogens with zero attached hydrogens (tertiary/aromatic N) is 2. The first-order chi connectivity index (χ1) is 3.77. The standard InChI is InChI=1S/C4H7N3O/c1-6-3-7-2-4(5)8/h2-3H,1H3,(H2,5,8). The molecule has 0 aromatic rings. The van der Waals surface area contributed by atoms with Crippen LogP contribution in [0.2, 0.25) is 0 Å². The van der Waals surface area contributed by atoms with Crippen molar-refractivity contribution in [2.45, 2.75) is 0 Å². The molecule has 0 atom stereocenters. The van der Waals surface area contributed by atoms with Gasteiger partial charge in [0.1, 0.15) is 6.34 Å². The van der Waals surface area contributed by atoms with Crippen LogP contribution in [0.3, 0.4) is 0 Å². The molecule has 0 saturated heterocycles. The van der Waals surface area contributed by atoms with Crippen molar-refractivity contribution in [3.63, 3.8) is 0 Å². The van der Waals surface area contributed by atoms with E-state index in [0.29, 0.717) is 0 Å². The SMILES string of the molecule is CN=CN=CC(N)=O. The summed E-state index contributed by atoms with van der Waals surface area (Å²) in [5.74, 6) is -0.565. The van der Waals surface area contributed by atoms with Crippen molar-refractivity contribution in [1.29, 1.82) is 0 Å². The van der Waals surface area contributed by atoms with Gasteiger partial charge in [-0.15, -0.1) is 0 Å². The fourth-order valence-electron chi connectivity index (χ4n) is 0.173. The molecule has 0 rings (SSSR count). The van der Waals surface area contributed by atoms with Crippen LogP contribution in [0.5, 0.6) is 0 Å². The van der Waals surface area contributed by atoms with Crippen molar-refractivity contribution in [3.8, 4) is 0 Å². The Hall–Kier alpha value is -1.19. The van der Waals surface area contributed by atoms with Gasteiger partial charge < -0.3 is 5.73 Å². The number of amides is 1. The zero-order valence-electron chi connectivity index (χ0n) is 4.53. The lowest BCUT2D eigenvalue weighted by Crippen LogP contribution is -2.11. The van der Waals surface area contributed by atoms with Crippen LogP contribution in [-0.4, -0.2) is 25.5 Å². The molecule has 0 spiro atoms. The van der Waals surface area contributed by atoms with Gasteiger partial charge in [0.2, 0.25) is 0 Å². The Kier molecular flexibility index (Phi) is 3.39. The fourth-order valence-corrected chi connectivity index (χ4v) is 0.173. The predicted molar refractivity (Wildman–Crippen MR) is 32.1 cm³/mol. The summed E-state index contributed by atoms with van der Waals surface area (Å²) in [6.07, 6.45) is 2.23. The Bertz CT molecular complexity index is 127. The first-order valence-electron chi connectivity index (χ1n) is 2.00. The van der Waals surface area contributed by atoms with Gasteiger partial charge in [-0.25, -0.2) is 4.99 Å². The van der Waals surface area contributed by atoms with Crippen LogP contribution in [-0.2, 0) is 4.79 Å². The predicted octanol–water partition coefficient (Wildman–Crippen LogP) is -0.799. The maximum atomic E-state index is 9.89. The van der Waals surface area contributed by atoms with E-state index in [0.717, 1.165) is 6.21 Å². The molecule has 0 aromatic carbocycles. The van der Waals surface area contributed by atoms with Gasteiger partial charge in [0.15, 0.2) is 0 Å². The Balaban J connectivity index is 3.50. The van der Waals surface area contributed by atoms with Crippen LogP contribution in [0, 0.1) is 0 Å². The van der Waals surface area contributed by atoms with Gasteiger partial charge in [-0.1, -0.05) is 0 Å². The lowest BCUT2D eigenvalue weighted by atomic mass is 10.7. The van der Waals surface area contributed by atoms with Crippen molar-refractivity contribution in [2.75, 3.05) is 7.05 Å². The van der Waals surface area contributed by atoms with E-state index in [9.17, 15) is 4.79 Å². The number of primary amides is 1. The highest BCUT2D eigenvalue weighted by molar-refractivity contribution is 6.26. The normalized spacial score (nSPS) is 11.1. The van der Waals surface area contributed by atoms with E-state index in [4.69, 9.17) is 0 Å². The van der Waals surface area contributed by atoms with Crippen LogP contribution < -0.4 is 5.73 Å². The molecular weight excluding hydrogens is 106 g/mol. The van der Waals surface area contributed by atoms with Gasteiger partial charge in [0.05, 0.1) is 6.21 Å². The van der Waals surface area contributed by atoms with E-state index in [1.807, 2.05) is 0 Å². The smallest absolute Gasteiger partial charge is 0.259 e. The molecule has 4 nitrogen and oxygen atoms in total. The Morgan fingerprint density at radius 3 is 2.75 bits per heavy atom. The molecule has 2 N–H and O–H groups in total. The Morgan fingerprint density at radius 1 is 1.75 bits per heavy atom. The molecule has 0 radical (unpaired) electrons. The highest BCUT2D eigenvalue weighted by atomic mass is 16.1. The molecule has 8 heavy (non-hydrogen) atoms. The van der Waals surface area contributed by atoms with Crippen LogP contribution in [0.1, 0.15) is 0 Å². The van der Waals surface area contributed by atoms with Crippen LogP contribution >= 0.6 is 0 Å². The first kappa shape index (κ1) is 6.81. The molecular formula is C4H7N3O. The minimum Gasteiger partial charge on any atom is -0.365 e. The number of nitrogens with two attached hydrogens (primary N) is 1. The summed E-state index contributed by atoms with van der Waals surface area (Å²) in [5.41, 5.74) is 4.68. The molecule has 44 valence electrons. The van der Waals surface area contributed by atoms with Crippen LogP contribution in [0.15, 0.2) is 9.98 Å². The second kappa shape index (κ2) is 3.98. The second-order valence-electron chi connectivity index (χ2n) is 1.05. The first-order valence-corrected chi connectivity index (χ1v) is 2.00. The van der Waals surface area contributed by atoms with Crippen molar-refractivity contribution in [3.05, 3.63) is 0 Å².